The first-order valence-electron chi connectivity index (χ1n) is 11.6. The molecule has 1 aromatic heterocycles. The van der Waals surface area contributed by atoms with Crippen molar-refractivity contribution in [3.05, 3.63) is 53.7 Å². The lowest BCUT2D eigenvalue weighted by Crippen LogP contribution is -2.49. The topological polar surface area (TPSA) is 77.6 Å². The molecule has 3 heterocycles. The van der Waals surface area contributed by atoms with E-state index in [-0.39, 0.29) is 23.9 Å². The quantitative estimate of drug-likeness (QED) is 0.767. The molecule has 7 nitrogen and oxygen atoms in total. The third-order valence-corrected chi connectivity index (χ3v) is 6.46. The zero-order valence-electron chi connectivity index (χ0n) is 19.0. The summed E-state index contributed by atoms with van der Waals surface area (Å²) in [7, 11) is 0. The number of rotatable bonds is 4. The largest absolute Gasteiger partial charge is 0.356 e. The van der Waals surface area contributed by atoms with Crippen molar-refractivity contribution < 1.29 is 9.59 Å². The fraction of sp³-hybridized carbons (Fsp3) is 0.480. The molecule has 2 N–H and O–H groups in total. The van der Waals surface area contributed by atoms with Gasteiger partial charge in [0.05, 0.1) is 0 Å². The lowest BCUT2D eigenvalue weighted by atomic mass is 9.95. The second-order valence-corrected chi connectivity index (χ2v) is 8.97. The molecule has 4 rings (SSSR count). The zero-order chi connectivity index (χ0) is 22.5. The van der Waals surface area contributed by atoms with Gasteiger partial charge in [0.1, 0.15) is 5.82 Å². The van der Waals surface area contributed by atoms with Crippen LogP contribution in [0.3, 0.4) is 0 Å². The Bertz CT molecular complexity index is 947. The minimum Gasteiger partial charge on any atom is -0.356 e. The molecule has 2 aliphatic heterocycles. The van der Waals surface area contributed by atoms with Gasteiger partial charge < -0.3 is 20.4 Å². The number of piperidine rings is 2. The molecule has 2 aromatic rings. The Labute approximate surface area is 190 Å². The molecule has 0 bridgehead atoms. The fourth-order valence-corrected chi connectivity index (χ4v) is 4.55. The van der Waals surface area contributed by atoms with Gasteiger partial charge in [-0.3, -0.25) is 4.79 Å². The van der Waals surface area contributed by atoms with Crippen LogP contribution in [0.2, 0.25) is 0 Å². The van der Waals surface area contributed by atoms with Crippen LogP contribution in [0.5, 0.6) is 0 Å². The number of urea groups is 1. The van der Waals surface area contributed by atoms with E-state index in [9.17, 15) is 9.59 Å². The van der Waals surface area contributed by atoms with Crippen molar-refractivity contribution in [1.29, 1.82) is 0 Å². The molecule has 0 atom stereocenters. The number of hydrogen-bond donors (Lipinski definition) is 2. The number of nitrogens with one attached hydrogen (secondary N) is 2. The molecule has 0 spiro atoms. The number of hydrogen-bond acceptors (Lipinski definition) is 4. The van der Waals surface area contributed by atoms with Gasteiger partial charge in [-0.2, -0.15) is 0 Å². The van der Waals surface area contributed by atoms with Crippen molar-refractivity contribution in [3.63, 3.8) is 0 Å². The molecule has 2 saturated heterocycles. The van der Waals surface area contributed by atoms with E-state index in [0.717, 1.165) is 48.7 Å². The Morgan fingerprint density at radius 1 is 0.938 bits per heavy atom. The number of benzene rings is 1. The van der Waals surface area contributed by atoms with Crippen molar-refractivity contribution in [2.75, 3.05) is 36.4 Å². The third-order valence-electron chi connectivity index (χ3n) is 6.46. The lowest BCUT2D eigenvalue weighted by molar-refractivity contribution is -0.127. The standard InChI is InChI=1S/C25H33N5O2/c1-18-5-3-7-22(17-18)28-25(32)30-13-9-20(10-14-30)24(31)27-21-11-15-29(16-12-21)23-8-4-6-19(2)26-23/h3-8,17,20-21H,9-16H2,1-2H3,(H,27,31)(H,28,32). The van der Waals surface area contributed by atoms with E-state index in [1.54, 1.807) is 4.90 Å². The highest BCUT2D eigenvalue weighted by Gasteiger charge is 2.29. The Balaban J connectivity index is 1.20. The predicted octanol–water partition coefficient (Wildman–Crippen LogP) is 3.73. The van der Waals surface area contributed by atoms with Gasteiger partial charge in [0.2, 0.25) is 5.91 Å². The first-order valence-corrected chi connectivity index (χ1v) is 11.6. The molecular weight excluding hydrogens is 402 g/mol. The van der Waals surface area contributed by atoms with Gasteiger partial charge in [-0.15, -0.1) is 0 Å². The Hall–Kier alpha value is -3.09. The highest BCUT2D eigenvalue weighted by atomic mass is 16.2. The first kappa shape index (κ1) is 22.1. The average molecular weight is 436 g/mol. The van der Waals surface area contributed by atoms with Gasteiger partial charge in [0, 0.05) is 49.5 Å². The maximum Gasteiger partial charge on any atom is 0.321 e. The predicted molar refractivity (Wildman–Crippen MR) is 127 cm³/mol. The number of carbonyl (C=O) groups excluding carboxylic acids is 2. The first-order chi connectivity index (χ1) is 15.5. The van der Waals surface area contributed by atoms with Crippen LogP contribution in [-0.2, 0) is 4.79 Å². The van der Waals surface area contributed by atoms with E-state index in [2.05, 4.69) is 26.6 Å². The summed E-state index contributed by atoms with van der Waals surface area (Å²) in [6.45, 7) is 7.02. The van der Waals surface area contributed by atoms with E-state index in [1.807, 2.05) is 50.2 Å². The molecular formula is C25H33N5O2. The summed E-state index contributed by atoms with van der Waals surface area (Å²) in [5.74, 6) is 1.14. The van der Waals surface area contributed by atoms with Crippen molar-refractivity contribution in [3.8, 4) is 0 Å². The third kappa shape index (κ3) is 5.58. The van der Waals surface area contributed by atoms with Crippen molar-refractivity contribution in [1.82, 2.24) is 15.2 Å². The molecule has 0 saturated carbocycles. The van der Waals surface area contributed by atoms with E-state index >= 15 is 0 Å². The molecule has 0 radical (unpaired) electrons. The van der Waals surface area contributed by atoms with Gasteiger partial charge in [0.15, 0.2) is 0 Å². The van der Waals surface area contributed by atoms with Crippen molar-refractivity contribution in [2.24, 2.45) is 5.92 Å². The monoisotopic (exact) mass is 435 g/mol. The summed E-state index contributed by atoms with van der Waals surface area (Å²) >= 11 is 0. The molecule has 3 amide bonds. The maximum absolute atomic E-state index is 12.8. The normalized spacial score (nSPS) is 17.8. The number of aryl methyl sites for hydroxylation is 2. The van der Waals surface area contributed by atoms with E-state index in [4.69, 9.17) is 0 Å². The summed E-state index contributed by atoms with van der Waals surface area (Å²) in [5.41, 5.74) is 2.94. The summed E-state index contributed by atoms with van der Waals surface area (Å²) in [6, 6.07) is 14.0. The molecule has 2 aliphatic rings. The van der Waals surface area contributed by atoms with Crippen LogP contribution >= 0.6 is 0 Å². The van der Waals surface area contributed by atoms with Crippen LogP contribution in [0.25, 0.3) is 0 Å². The van der Waals surface area contributed by atoms with Gasteiger partial charge >= 0.3 is 6.03 Å². The summed E-state index contributed by atoms with van der Waals surface area (Å²) in [6.07, 6.45) is 3.27. The van der Waals surface area contributed by atoms with Crippen molar-refractivity contribution >= 4 is 23.4 Å². The van der Waals surface area contributed by atoms with Crippen LogP contribution in [0, 0.1) is 19.8 Å². The molecule has 2 fully saturated rings. The van der Waals surface area contributed by atoms with Crippen LogP contribution in [-0.4, -0.2) is 54.0 Å². The van der Waals surface area contributed by atoms with Gasteiger partial charge in [0.25, 0.3) is 0 Å². The molecule has 0 aliphatic carbocycles. The minimum absolute atomic E-state index is 0.0190. The molecule has 0 unspecified atom stereocenters. The van der Waals surface area contributed by atoms with Crippen LogP contribution in [0.4, 0.5) is 16.3 Å². The van der Waals surface area contributed by atoms with Gasteiger partial charge in [-0.25, -0.2) is 9.78 Å². The summed E-state index contributed by atoms with van der Waals surface area (Å²) in [5, 5.41) is 6.22. The Kier molecular flexibility index (Phi) is 6.93. The lowest BCUT2D eigenvalue weighted by Gasteiger charge is -2.35. The van der Waals surface area contributed by atoms with E-state index in [1.165, 1.54) is 0 Å². The van der Waals surface area contributed by atoms with Crippen LogP contribution in [0.1, 0.15) is 36.9 Å². The molecule has 7 heteroatoms. The minimum atomic E-state index is -0.0911. The number of anilines is 2. The Morgan fingerprint density at radius 3 is 2.34 bits per heavy atom. The summed E-state index contributed by atoms with van der Waals surface area (Å²) < 4.78 is 0. The van der Waals surface area contributed by atoms with Crippen LogP contribution < -0.4 is 15.5 Å². The fourth-order valence-electron chi connectivity index (χ4n) is 4.55. The number of likely N-dealkylation sites (tertiary alicyclic amines) is 1. The number of carbonyl (C=O) groups is 2. The van der Waals surface area contributed by atoms with Gasteiger partial charge in [-0.1, -0.05) is 18.2 Å². The Morgan fingerprint density at radius 2 is 1.66 bits per heavy atom. The number of amides is 3. The second-order valence-electron chi connectivity index (χ2n) is 8.97. The second kappa shape index (κ2) is 10.0. The van der Waals surface area contributed by atoms with Gasteiger partial charge in [-0.05, 0) is 69.4 Å². The number of pyridine rings is 1. The maximum atomic E-state index is 12.8. The molecule has 32 heavy (non-hydrogen) atoms. The highest BCUT2D eigenvalue weighted by Crippen LogP contribution is 2.22. The smallest absolute Gasteiger partial charge is 0.321 e. The van der Waals surface area contributed by atoms with Crippen molar-refractivity contribution in [2.45, 2.75) is 45.6 Å². The number of aromatic nitrogens is 1. The molecule has 170 valence electrons. The molecule has 1 aromatic carbocycles. The summed E-state index contributed by atoms with van der Waals surface area (Å²) in [4.78, 5) is 34.1. The SMILES string of the molecule is Cc1cccc(NC(=O)N2CCC(C(=O)NC3CCN(c4cccc(C)n4)CC3)CC2)c1. The van der Waals surface area contributed by atoms with E-state index < -0.39 is 0 Å². The van der Waals surface area contributed by atoms with Crippen LogP contribution in [0.15, 0.2) is 42.5 Å². The number of nitrogens with zero attached hydrogens (tertiary/aromatic N) is 3. The van der Waals surface area contributed by atoms with E-state index in [0.29, 0.717) is 25.9 Å². The zero-order valence-corrected chi connectivity index (χ0v) is 19.0. The average Bonchev–Trinajstić information content (AvgIpc) is 2.79. The highest BCUT2D eigenvalue weighted by molar-refractivity contribution is 5.89.